The van der Waals surface area contributed by atoms with E-state index in [4.69, 9.17) is 11.6 Å². The predicted octanol–water partition coefficient (Wildman–Crippen LogP) is 3.39. The van der Waals surface area contributed by atoms with Gasteiger partial charge in [-0.3, -0.25) is 9.78 Å². The van der Waals surface area contributed by atoms with Gasteiger partial charge in [0.1, 0.15) is 0 Å². The molecule has 0 amide bonds. The van der Waals surface area contributed by atoms with E-state index in [0.29, 0.717) is 10.6 Å². The quantitative estimate of drug-likeness (QED) is 0.675. The van der Waals surface area contributed by atoms with Crippen LogP contribution in [0.15, 0.2) is 55.0 Å². The third-order valence-electron chi connectivity index (χ3n) is 2.36. The minimum atomic E-state index is 0.553. The number of carbonyl (C=O) groups is 1. The Labute approximate surface area is 110 Å². The van der Waals surface area contributed by atoms with Crippen LogP contribution in [0.25, 0.3) is 5.57 Å². The summed E-state index contributed by atoms with van der Waals surface area (Å²) in [5.74, 6) is 0. The van der Waals surface area contributed by atoms with E-state index in [-0.39, 0.29) is 0 Å². The highest BCUT2D eigenvalue weighted by molar-refractivity contribution is 6.30. The van der Waals surface area contributed by atoms with Crippen molar-refractivity contribution in [1.82, 2.24) is 4.98 Å². The molecule has 0 saturated heterocycles. The first kappa shape index (κ1) is 12.3. The molecule has 0 fully saturated rings. The van der Waals surface area contributed by atoms with E-state index in [0.717, 1.165) is 17.5 Å². The number of nitrogens with zero attached hydrogens (tertiary/aromatic N) is 1. The first-order valence-electron chi connectivity index (χ1n) is 5.37. The summed E-state index contributed by atoms with van der Waals surface area (Å²) in [5, 5.41) is 3.68. The molecule has 0 spiro atoms. The van der Waals surface area contributed by atoms with Crippen LogP contribution >= 0.6 is 11.6 Å². The minimum absolute atomic E-state index is 0.553. The SMILES string of the molecule is O=C/C(=C/Nc1cccc(Cl)c1)c1ccncc1. The Morgan fingerprint density at radius 1 is 1.22 bits per heavy atom. The number of hydrogen-bond acceptors (Lipinski definition) is 3. The fourth-order valence-electron chi connectivity index (χ4n) is 1.47. The fraction of sp³-hybridized carbons (Fsp3) is 0. The Kier molecular flexibility index (Phi) is 4.10. The van der Waals surface area contributed by atoms with Gasteiger partial charge >= 0.3 is 0 Å². The van der Waals surface area contributed by atoms with Crippen LogP contribution in [0.3, 0.4) is 0 Å². The summed E-state index contributed by atoms with van der Waals surface area (Å²) < 4.78 is 0. The zero-order chi connectivity index (χ0) is 12.8. The Bertz CT molecular complexity index is 567. The third-order valence-corrected chi connectivity index (χ3v) is 2.59. The number of pyridine rings is 1. The number of allylic oxidation sites excluding steroid dienone is 1. The van der Waals surface area contributed by atoms with Crippen LogP contribution in [0, 0.1) is 0 Å². The van der Waals surface area contributed by atoms with Crippen LogP contribution in [0.4, 0.5) is 5.69 Å². The third kappa shape index (κ3) is 3.18. The van der Waals surface area contributed by atoms with Gasteiger partial charge in [-0.15, -0.1) is 0 Å². The number of nitrogens with one attached hydrogen (secondary N) is 1. The number of benzene rings is 1. The van der Waals surface area contributed by atoms with Gasteiger partial charge in [0.2, 0.25) is 0 Å². The van der Waals surface area contributed by atoms with Crippen molar-refractivity contribution in [2.75, 3.05) is 5.32 Å². The molecule has 1 aromatic heterocycles. The summed E-state index contributed by atoms with van der Waals surface area (Å²) in [4.78, 5) is 14.9. The molecule has 1 N–H and O–H groups in total. The van der Waals surface area contributed by atoms with Crippen LogP contribution in [0.1, 0.15) is 5.56 Å². The maximum atomic E-state index is 11.0. The number of aldehydes is 1. The van der Waals surface area contributed by atoms with Crippen LogP contribution < -0.4 is 5.32 Å². The highest BCUT2D eigenvalue weighted by Crippen LogP contribution is 2.16. The second kappa shape index (κ2) is 5.98. The highest BCUT2D eigenvalue weighted by atomic mass is 35.5. The molecule has 0 atom stereocenters. The maximum absolute atomic E-state index is 11.0. The van der Waals surface area contributed by atoms with E-state index in [1.165, 1.54) is 0 Å². The number of anilines is 1. The van der Waals surface area contributed by atoms with Crippen molar-refractivity contribution in [3.63, 3.8) is 0 Å². The standard InChI is InChI=1S/C14H11ClN2O/c15-13-2-1-3-14(8-13)17-9-12(10-18)11-4-6-16-7-5-11/h1-10,17H/b12-9-. The molecule has 4 heteroatoms. The molecule has 0 bridgehead atoms. The molecule has 0 saturated carbocycles. The molecule has 2 aromatic rings. The van der Waals surface area contributed by atoms with Crippen molar-refractivity contribution in [1.29, 1.82) is 0 Å². The lowest BCUT2D eigenvalue weighted by Crippen LogP contribution is -1.93. The van der Waals surface area contributed by atoms with Gasteiger partial charge in [0.05, 0.1) is 0 Å². The molecule has 0 aliphatic rings. The Morgan fingerprint density at radius 3 is 2.67 bits per heavy atom. The van der Waals surface area contributed by atoms with Crippen LogP contribution in [0.5, 0.6) is 0 Å². The van der Waals surface area contributed by atoms with Gasteiger partial charge in [0, 0.05) is 34.9 Å². The topological polar surface area (TPSA) is 42.0 Å². The van der Waals surface area contributed by atoms with Gasteiger partial charge in [-0.25, -0.2) is 0 Å². The molecule has 0 radical (unpaired) electrons. The molecule has 1 heterocycles. The zero-order valence-electron chi connectivity index (χ0n) is 9.51. The second-order valence-electron chi connectivity index (χ2n) is 3.61. The molecular weight excluding hydrogens is 248 g/mol. The first-order chi connectivity index (χ1) is 8.79. The predicted molar refractivity (Wildman–Crippen MR) is 73.4 cm³/mol. The molecule has 0 aliphatic heterocycles. The van der Waals surface area contributed by atoms with Crippen molar-refractivity contribution in [3.8, 4) is 0 Å². The first-order valence-corrected chi connectivity index (χ1v) is 5.75. The minimum Gasteiger partial charge on any atom is -0.361 e. The van der Waals surface area contributed by atoms with Crippen molar-refractivity contribution in [3.05, 3.63) is 65.6 Å². The van der Waals surface area contributed by atoms with Crippen molar-refractivity contribution in [2.45, 2.75) is 0 Å². The number of halogens is 1. The number of rotatable bonds is 4. The van der Waals surface area contributed by atoms with E-state index >= 15 is 0 Å². The smallest absolute Gasteiger partial charge is 0.152 e. The lowest BCUT2D eigenvalue weighted by molar-refractivity contribution is -0.103. The zero-order valence-corrected chi connectivity index (χ0v) is 10.3. The van der Waals surface area contributed by atoms with E-state index < -0.39 is 0 Å². The van der Waals surface area contributed by atoms with Gasteiger partial charge < -0.3 is 5.32 Å². The lowest BCUT2D eigenvalue weighted by Gasteiger charge is -2.03. The molecule has 2 rings (SSSR count). The van der Waals surface area contributed by atoms with Gasteiger partial charge in [-0.2, -0.15) is 0 Å². The Morgan fingerprint density at radius 2 is 2.00 bits per heavy atom. The van der Waals surface area contributed by atoms with Gasteiger partial charge in [-0.1, -0.05) is 17.7 Å². The highest BCUT2D eigenvalue weighted by Gasteiger charge is 1.99. The normalized spacial score (nSPS) is 11.1. The largest absolute Gasteiger partial charge is 0.361 e. The number of hydrogen-bond donors (Lipinski definition) is 1. The summed E-state index contributed by atoms with van der Waals surface area (Å²) in [5.41, 5.74) is 2.20. The number of aromatic nitrogens is 1. The summed E-state index contributed by atoms with van der Waals surface area (Å²) in [6.07, 6.45) is 5.74. The van der Waals surface area contributed by atoms with Crippen LogP contribution in [0.2, 0.25) is 5.02 Å². The molecule has 0 aliphatic carbocycles. The van der Waals surface area contributed by atoms with E-state index in [1.54, 1.807) is 42.9 Å². The molecule has 0 unspecified atom stereocenters. The second-order valence-corrected chi connectivity index (χ2v) is 4.04. The molecule has 1 aromatic carbocycles. The summed E-state index contributed by atoms with van der Waals surface area (Å²) in [6.45, 7) is 0. The summed E-state index contributed by atoms with van der Waals surface area (Å²) >= 11 is 5.87. The van der Waals surface area contributed by atoms with Gasteiger partial charge in [0.25, 0.3) is 0 Å². The average Bonchev–Trinajstić information content (AvgIpc) is 2.41. The fourth-order valence-corrected chi connectivity index (χ4v) is 1.66. The van der Waals surface area contributed by atoms with Crippen molar-refractivity contribution >= 4 is 29.1 Å². The molecule has 90 valence electrons. The maximum Gasteiger partial charge on any atom is 0.152 e. The van der Waals surface area contributed by atoms with E-state index in [1.807, 2.05) is 12.1 Å². The van der Waals surface area contributed by atoms with Gasteiger partial charge in [-0.05, 0) is 35.9 Å². The summed E-state index contributed by atoms with van der Waals surface area (Å²) in [7, 11) is 0. The van der Waals surface area contributed by atoms with E-state index in [2.05, 4.69) is 10.3 Å². The van der Waals surface area contributed by atoms with Crippen LogP contribution in [-0.2, 0) is 4.79 Å². The monoisotopic (exact) mass is 258 g/mol. The average molecular weight is 259 g/mol. The van der Waals surface area contributed by atoms with Crippen molar-refractivity contribution < 1.29 is 4.79 Å². The molecule has 18 heavy (non-hydrogen) atoms. The Balaban J connectivity index is 2.19. The lowest BCUT2D eigenvalue weighted by atomic mass is 10.1. The van der Waals surface area contributed by atoms with E-state index in [9.17, 15) is 4.79 Å². The summed E-state index contributed by atoms with van der Waals surface area (Å²) in [6, 6.07) is 10.8. The Hall–Kier alpha value is -2.13. The number of carbonyl (C=O) groups excluding carboxylic acids is 1. The van der Waals surface area contributed by atoms with Crippen LogP contribution in [-0.4, -0.2) is 11.3 Å². The molecular formula is C14H11ClN2O. The molecule has 3 nitrogen and oxygen atoms in total. The van der Waals surface area contributed by atoms with Gasteiger partial charge in [0.15, 0.2) is 6.29 Å². The van der Waals surface area contributed by atoms with Crippen molar-refractivity contribution in [2.24, 2.45) is 0 Å².